The summed E-state index contributed by atoms with van der Waals surface area (Å²) >= 11 is 1.98. The Morgan fingerprint density at radius 2 is 1.96 bits per heavy atom. The van der Waals surface area contributed by atoms with Gasteiger partial charge in [-0.3, -0.25) is 4.79 Å². The second-order valence-electron chi connectivity index (χ2n) is 5.38. The van der Waals surface area contributed by atoms with E-state index in [0.717, 1.165) is 47.4 Å². The maximum absolute atomic E-state index is 13.8. The first-order valence-electron chi connectivity index (χ1n) is 7.59. The molecule has 0 aliphatic heterocycles. The van der Waals surface area contributed by atoms with Crippen LogP contribution in [-0.2, 0) is 11.0 Å². The van der Waals surface area contributed by atoms with E-state index in [1.165, 1.54) is 11.4 Å². The van der Waals surface area contributed by atoms with E-state index in [4.69, 9.17) is 0 Å². The molecule has 0 unspecified atom stereocenters. The quantitative estimate of drug-likeness (QED) is 0.444. The summed E-state index contributed by atoms with van der Waals surface area (Å²) in [5, 5.41) is 4.41. The number of benzene rings is 1. The molecule has 0 fully saturated rings. The van der Waals surface area contributed by atoms with Gasteiger partial charge in [-0.25, -0.2) is 18.7 Å². The summed E-state index contributed by atoms with van der Waals surface area (Å²) in [5.41, 5.74) is -0.726. The van der Waals surface area contributed by atoms with Crippen molar-refractivity contribution >= 4 is 34.1 Å². The SMILES string of the molecule is O=C(CSc1ccc(C(F)(F)F)cn1)Nc1nc(-c2cc(F)ccc2F)cs1. The summed E-state index contributed by atoms with van der Waals surface area (Å²) in [6.45, 7) is 0. The van der Waals surface area contributed by atoms with E-state index in [-0.39, 0.29) is 27.2 Å². The fourth-order valence-electron chi connectivity index (χ4n) is 2.08. The van der Waals surface area contributed by atoms with E-state index < -0.39 is 29.3 Å². The van der Waals surface area contributed by atoms with Crippen LogP contribution in [0, 0.1) is 11.6 Å². The highest BCUT2D eigenvalue weighted by molar-refractivity contribution is 7.99. The molecule has 1 aromatic carbocycles. The lowest BCUT2D eigenvalue weighted by Crippen LogP contribution is -2.14. The fourth-order valence-corrected chi connectivity index (χ4v) is 3.45. The van der Waals surface area contributed by atoms with Crippen molar-refractivity contribution in [2.75, 3.05) is 11.1 Å². The summed E-state index contributed by atoms with van der Waals surface area (Å²) in [5.74, 6) is -1.84. The van der Waals surface area contributed by atoms with E-state index in [1.54, 1.807) is 0 Å². The molecule has 3 aromatic rings. The first-order chi connectivity index (χ1) is 13.2. The maximum atomic E-state index is 13.8. The zero-order valence-electron chi connectivity index (χ0n) is 13.8. The number of thioether (sulfide) groups is 1. The third kappa shape index (κ3) is 5.04. The van der Waals surface area contributed by atoms with Gasteiger partial charge in [0.05, 0.1) is 22.0 Å². The molecule has 0 saturated carbocycles. The zero-order chi connectivity index (χ0) is 20.3. The number of anilines is 1. The molecule has 11 heteroatoms. The molecule has 1 N–H and O–H groups in total. The first kappa shape index (κ1) is 20.2. The van der Waals surface area contributed by atoms with Crippen molar-refractivity contribution in [2.45, 2.75) is 11.2 Å². The molecule has 0 spiro atoms. The van der Waals surface area contributed by atoms with Crippen molar-refractivity contribution in [3.05, 3.63) is 59.1 Å². The zero-order valence-corrected chi connectivity index (χ0v) is 15.4. The number of amides is 1. The standard InChI is InChI=1S/C17H10F5N3OS2/c18-10-2-3-12(19)11(5-10)13-7-28-16(24-13)25-14(26)8-27-15-4-1-9(6-23-15)17(20,21)22/h1-7H,8H2,(H,24,25,26). The van der Waals surface area contributed by atoms with Crippen LogP contribution in [0.3, 0.4) is 0 Å². The Balaban J connectivity index is 1.58. The van der Waals surface area contributed by atoms with Gasteiger partial charge < -0.3 is 5.32 Å². The molecule has 146 valence electrons. The number of hydrogen-bond acceptors (Lipinski definition) is 5. The molecule has 0 saturated heterocycles. The topological polar surface area (TPSA) is 54.9 Å². The average Bonchev–Trinajstić information content (AvgIpc) is 3.10. The van der Waals surface area contributed by atoms with Crippen LogP contribution < -0.4 is 5.32 Å². The van der Waals surface area contributed by atoms with Gasteiger partial charge in [0.1, 0.15) is 11.6 Å². The third-order valence-electron chi connectivity index (χ3n) is 3.37. The number of alkyl halides is 3. The number of aromatic nitrogens is 2. The van der Waals surface area contributed by atoms with Crippen LogP contribution in [-0.4, -0.2) is 21.6 Å². The lowest BCUT2D eigenvalue weighted by Gasteiger charge is -2.06. The number of nitrogens with one attached hydrogen (secondary N) is 1. The van der Waals surface area contributed by atoms with Crippen molar-refractivity contribution < 1.29 is 26.7 Å². The van der Waals surface area contributed by atoms with Crippen molar-refractivity contribution in [3.63, 3.8) is 0 Å². The Bertz CT molecular complexity index is 989. The Hall–Kier alpha value is -2.53. The van der Waals surface area contributed by atoms with Crippen LogP contribution in [0.25, 0.3) is 11.3 Å². The molecule has 0 aliphatic rings. The molecule has 0 aliphatic carbocycles. The number of hydrogen-bond donors (Lipinski definition) is 1. The lowest BCUT2D eigenvalue weighted by molar-refractivity contribution is -0.137. The second kappa shape index (κ2) is 8.23. The van der Waals surface area contributed by atoms with Gasteiger partial charge in [0.25, 0.3) is 0 Å². The monoisotopic (exact) mass is 431 g/mol. The van der Waals surface area contributed by atoms with Crippen molar-refractivity contribution in [2.24, 2.45) is 0 Å². The predicted molar refractivity (Wildman–Crippen MR) is 96.1 cm³/mol. The number of carbonyl (C=O) groups is 1. The Morgan fingerprint density at radius 1 is 1.18 bits per heavy atom. The van der Waals surface area contributed by atoms with E-state index in [1.807, 2.05) is 0 Å². The molecule has 2 aromatic heterocycles. The summed E-state index contributed by atoms with van der Waals surface area (Å²) in [7, 11) is 0. The normalized spacial score (nSPS) is 11.5. The molecule has 28 heavy (non-hydrogen) atoms. The fraction of sp³-hybridized carbons (Fsp3) is 0.118. The van der Waals surface area contributed by atoms with Crippen molar-refractivity contribution in [1.82, 2.24) is 9.97 Å². The highest BCUT2D eigenvalue weighted by Gasteiger charge is 2.30. The number of thiazole rings is 1. The maximum Gasteiger partial charge on any atom is 0.417 e. The Morgan fingerprint density at radius 3 is 2.64 bits per heavy atom. The van der Waals surface area contributed by atoms with E-state index in [9.17, 15) is 26.7 Å². The van der Waals surface area contributed by atoms with Crippen LogP contribution in [0.2, 0.25) is 0 Å². The minimum Gasteiger partial charge on any atom is -0.301 e. The number of halogens is 5. The molecule has 2 heterocycles. The predicted octanol–water partition coefficient (Wildman–Crippen LogP) is 5.23. The van der Waals surface area contributed by atoms with Gasteiger partial charge >= 0.3 is 6.18 Å². The molecule has 0 radical (unpaired) electrons. The molecular formula is C17H10F5N3OS2. The Kier molecular flexibility index (Phi) is 5.94. The summed E-state index contributed by atoms with van der Waals surface area (Å²) in [6.07, 6.45) is -3.78. The van der Waals surface area contributed by atoms with Gasteiger partial charge in [-0.15, -0.1) is 11.3 Å². The molecule has 4 nitrogen and oxygen atoms in total. The van der Waals surface area contributed by atoms with Crippen LogP contribution in [0.15, 0.2) is 46.9 Å². The van der Waals surface area contributed by atoms with Gasteiger partial charge in [0.2, 0.25) is 5.91 Å². The summed E-state index contributed by atoms with van der Waals surface area (Å²) in [6, 6.07) is 5.03. The van der Waals surface area contributed by atoms with Crippen LogP contribution in [0.1, 0.15) is 5.56 Å². The van der Waals surface area contributed by atoms with E-state index >= 15 is 0 Å². The molecule has 0 atom stereocenters. The minimum atomic E-state index is -4.47. The van der Waals surface area contributed by atoms with Crippen molar-refractivity contribution in [3.8, 4) is 11.3 Å². The van der Waals surface area contributed by atoms with E-state index in [2.05, 4.69) is 15.3 Å². The van der Waals surface area contributed by atoms with E-state index in [0.29, 0.717) is 6.20 Å². The van der Waals surface area contributed by atoms with Crippen molar-refractivity contribution in [1.29, 1.82) is 0 Å². The van der Waals surface area contributed by atoms with Gasteiger partial charge in [0, 0.05) is 17.1 Å². The Labute approximate surface area is 163 Å². The lowest BCUT2D eigenvalue weighted by atomic mass is 10.1. The number of pyridine rings is 1. The van der Waals surface area contributed by atoms with Crippen LogP contribution in [0.4, 0.5) is 27.1 Å². The minimum absolute atomic E-state index is 0.0277. The van der Waals surface area contributed by atoms with Gasteiger partial charge in [0.15, 0.2) is 5.13 Å². The molecule has 1 amide bonds. The van der Waals surface area contributed by atoms with Gasteiger partial charge in [-0.05, 0) is 30.3 Å². The van der Waals surface area contributed by atoms with Crippen LogP contribution >= 0.6 is 23.1 Å². The largest absolute Gasteiger partial charge is 0.417 e. The van der Waals surface area contributed by atoms with Gasteiger partial charge in [-0.2, -0.15) is 13.2 Å². The number of rotatable bonds is 5. The number of nitrogens with zero attached hydrogens (tertiary/aromatic N) is 2. The molecule has 3 rings (SSSR count). The van der Waals surface area contributed by atoms with Crippen LogP contribution in [0.5, 0.6) is 0 Å². The third-order valence-corrected chi connectivity index (χ3v) is 5.07. The first-order valence-corrected chi connectivity index (χ1v) is 9.46. The summed E-state index contributed by atoms with van der Waals surface area (Å²) in [4.78, 5) is 19.7. The average molecular weight is 431 g/mol. The smallest absolute Gasteiger partial charge is 0.301 e. The number of carbonyl (C=O) groups excluding carboxylic acids is 1. The molecule has 0 bridgehead atoms. The molecular weight excluding hydrogens is 421 g/mol. The second-order valence-corrected chi connectivity index (χ2v) is 7.24. The highest BCUT2D eigenvalue weighted by Crippen LogP contribution is 2.30. The van der Waals surface area contributed by atoms with Gasteiger partial charge in [-0.1, -0.05) is 11.8 Å². The summed E-state index contributed by atoms with van der Waals surface area (Å²) < 4.78 is 64.5. The highest BCUT2D eigenvalue weighted by atomic mass is 32.2.